The van der Waals surface area contributed by atoms with E-state index in [2.05, 4.69) is 38.2 Å². The highest BCUT2D eigenvalue weighted by molar-refractivity contribution is 5.66. The van der Waals surface area contributed by atoms with Gasteiger partial charge in [0.05, 0.1) is 5.60 Å². The summed E-state index contributed by atoms with van der Waals surface area (Å²) in [6.45, 7) is 8.13. The first-order valence-electron chi connectivity index (χ1n) is 9.67. The van der Waals surface area contributed by atoms with Crippen LogP contribution in [0.1, 0.15) is 53.4 Å². The molecule has 4 aliphatic rings. The van der Waals surface area contributed by atoms with Gasteiger partial charge in [-0.05, 0) is 73.5 Å². The Kier molecular flexibility index (Phi) is 3.64. The van der Waals surface area contributed by atoms with Crippen molar-refractivity contribution >= 4 is 5.97 Å². The topological polar surface area (TPSA) is 46.5 Å². The minimum absolute atomic E-state index is 0.00580. The summed E-state index contributed by atoms with van der Waals surface area (Å²) < 4.78 is 5.36. The van der Waals surface area contributed by atoms with Crippen LogP contribution in [0.5, 0.6) is 0 Å². The molecule has 136 valence electrons. The van der Waals surface area contributed by atoms with Crippen LogP contribution >= 0.6 is 0 Å². The average Bonchev–Trinajstić information content (AvgIpc) is 2.77. The molecule has 3 nitrogen and oxygen atoms in total. The van der Waals surface area contributed by atoms with Crippen molar-refractivity contribution in [2.75, 3.05) is 0 Å². The zero-order valence-electron chi connectivity index (χ0n) is 15.8. The second kappa shape index (κ2) is 5.33. The largest absolute Gasteiger partial charge is 0.454 e. The van der Waals surface area contributed by atoms with Crippen molar-refractivity contribution in [1.82, 2.24) is 0 Å². The number of fused-ring (bicyclic) bond motifs is 5. The van der Waals surface area contributed by atoms with E-state index in [-0.39, 0.29) is 22.9 Å². The molecule has 0 aromatic carbocycles. The number of ether oxygens (including phenoxy) is 1. The highest BCUT2D eigenvalue weighted by Crippen LogP contribution is 2.65. The van der Waals surface area contributed by atoms with Gasteiger partial charge in [-0.3, -0.25) is 4.79 Å². The smallest absolute Gasteiger partial charge is 0.303 e. The molecule has 0 bridgehead atoms. The first-order chi connectivity index (χ1) is 11.7. The maximum absolute atomic E-state index is 11.3. The maximum atomic E-state index is 11.3. The Labute approximate surface area is 150 Å². The number of aliphatic hydroxyl groups is 1. The molecule has 0 amide bonds. The fraction of sp³-hybridized carbons (Fsp3) is 0.682. The molecule has 25 heavy (non-hydrogen) atoms. The standard InChI is InChI=1S/C22H30O3/c1-14(23)25-16-7-10-20(2)15(13-16)5-6-17-18(20)8-11-21(3)19(17)9-12-22(21,4)24/h5-7,10,13,16-19,24H,8-9,11-12H2,1-4H3/t16?,17-,18+,19+,20+,21+,22+/m1/s1. The minimum atomic E-state index is -0.545. The number of esters is 1. The van der Waals surface area contributed by atoms with Gasteiger partial charge in [0, 0.05) is 12.3 Å². The zero-order chi connectivity index (χ0) is 18.0. The van der Waals surface area contributed by atoms with Gasteiger partial charge in [0.2, 0.25) is 0 Å². The van der Waals surface area contributed by atoms with Gasteiger partial charge in [-0.25, -0.2) is 0 Å². The summed E-state index contributed by atoms with van der Waals surface area (Å²) in [5.41, 5.74) is 0.757. The van der Waals surface area contributed by atoms with E-state index in [9.17, 15) is 9.90 Å². The fourth-order valence-electron chi connectivity index (χ4n) is 6.26. The number of hydrogen-bond donors (Lipinski definition) is 1. The molecule has 0 aromatic heterocycles. The number of carbonyl (C=O) groups is 1. The molecule has 2 saturated carbocycles. The van der Waals surface area contributed by atoms with Gasteiger partial charge in [-0.2, -0.15) is 0 Å². The van der Waals surface area contributed by atoms with Crippen molar-refractivity contribution in [2.45, 2.75) is 65.1 Å². The van der Waals surface area contributed by atoms with Crippen LogP contribution in [0.15, 0.2) is 36.0 Å². The van der Waals surface area contributed by atoms with E-state index >= 15 is 0 Å². The second-order valence-electron chi connectivity index (χ2n) is 9.26. The van der Waals surface area contributed by atoms with Gasteiger partial charge in [-0.1, -0.05) is 32.1 Å². The van der Waals surface area contributed by atoms with Crippen LogP contribution < -0.4 is 0 Å². The van der Waals surface area contributed by atoms with Gasteiger partial charge < -0.3 is 9.84 Å². The van der Waals surface area contributed by atoms with Crippen LogP contribution in [0.2, 0.25) is 0 Å². The number of hydrogen-bond acceptors (Lipinski definition) is 3. The van der Waals surface area contributed by atoms with E-state index in [0.717, 1.165) is 25.7 Å². The van der Waals surface area contributed by atoms with E-state index in [1.165, 1.54) is 12.5 Å². The Morgan fingerprint density at radius 3 is 2.60 bits per heavy atom. The van der Waals surface area contributed by atoms with Crippen molar-refractivity contribution in [3.63, 3.8) is 0 Å². The molecule has 1 unspecified atom stereocenters. The highest BCUT2D eigenvalue weighted by Gasteiger charge is 2.61. The third-order valence-electron chi connectivity index (χ3n) is 8.06. The van der Waals surface area contributed by atoms with Gasteiger partial charge in [0.1, 0.15) is 6.10 Å². The molecule has 4 aliphatic carbocycles. The third kappa shape index (κ3) is 2.31. The van der Waals surface area contributed by atoms with E-state index < -0.39 is 5.60 Å². The molecule has 4 rings (SSSR count). The molecule has 0 aromatic rings. The zero-order valence-corrected chi connectivity index (χ0v) is 15.8. The molecule has 3 heteroatoms. The summed E-state index contributed by atoms with van der Waals surface area (Å²) in [4.78, 5) is 11.3. The SMILES string of the molecule is CC(=O)OC1C=C[C@@]2(C)C(=C1)C=C[C@@H]1[C@@H]2CC[C@@]2(C)[C@H]1CC[C@]2(C)O. The Bertz CT molecular complexity index is 685. The molecule has 1 N–H and O–H groups in total. The van der Waals surface area contributed by atoms with Crippen LogP contribution in [-0.2, 0) is 9.53 Å². The first kappa shape index (κ1) is 17.1. The predicted octanol–water partition coefficient (Wildman–Crippen LogP) is 4.18. The molecule has 7 atom stereocenters. The summed E-state index contributed by atoms with van der Waals surface area (Å²) in [6, 6.07) is 0. The first-order valence-corrected chi connectivity index (χ1v) is 9.67. The molecule has 2 fully saturated rings. The second-order valence-corrected chi connectivity index (χ2v) is 9.26. The maximum Gasteiger partial charge on any atom is 0.303 e. The van der Waals surface area contributed by atoms with Gasteiger partial charge in [0.15, 0.2) is 0 Å². The van der Waals surface area contributed by atoms with Crippen molar-refractivity contribution in [2.24, 2.45) is 28.6 Å². The fourth-order valence-corrected chi connectivity index (χ4v) is 6.26. The summed E-state index contributed by atoms with van der Waals surface area (Å²) in [5, 5.41) is 11.0. The summed E-state index contributed by atoms with van der Waals surface area (Å²) in [5.74, 6) is 1.39. The van der Waals surface area contributed by atoms with Gasteiger partial charge in [0.25, 0.3) is 0 Å². The Hall–Kier alpha value is -1.35. The Morgan fingerprint density at radius 1 is 1.16 bits per heavy atom. The van der Waals surface area contributed by atoms with Gasteiger partial charge >= 0.3 is 5.97 Å². The lowest BCUT2D eigenvalue weighted by atomic mass is 9.49. The van der Waals surface area contributed by atoms with Crippen molar-refractivity contribution in [3.05, 3.63) is 36.0 Å². The van der Waals surface area contributed by atoms with Crippen LogP contribution in [0, 0.1) is 28.6 Å². The van der Waals surface area contributed by atoms with Crippen LogP contribution in [0.3, 0.4) is 0 Å². The highest BCUT2D eigenvalue weighted by atomic mass is 16.5. The third-order valence-corrected chi connectivity index (χ3v) is 8.06. The lowest BCUT2D eigenvalue weighted by Gasteiger charge is -2.56. The Balaban J connectivity index is 1.68. The van der Waals surface area contributed by atoms with E-state index in [1.54, 1.807) is 0 Å². The molecule has 0 heterocycles. The van der Waals surface area contributed by atoms with Crippen molar-refractivity contribution in [3.8, 4) is 0 Å². The van der Waals surface area contributed by atoms with Gasteiger partial charge in [-0.15, -0.1) is 0 Å². The normalized spacial score (nSPS) is 50.5. The molecule has 0 aliphatic heterocycles. The van der Waals surface area contributed by atoms with Crippen LogP contribution in [-0.4, -0.2) is 22.8 Å². The summed E-state index contributed by atoms with van der Waals surface area (Å²) in [7, 11) is 0. The van der Waals surface area contributed by atoms with E-state index in [1.807, 2.05) is 13.0 Å². The number of carbonyl (C=O) groups excluding carboxylic acids is 1. The molecular formula is C22H30O3. The number of allylic oxidation sites excluding steroid dienone is 4. The van der Waals surface area contributed by atoms with Crippen LogP contribution in [0.25, 0.3) is 0 Å². The lowest BCUT2D eigenvalue weighted by molar-refractivity contribution is -0.142. The average molecular weight is 342 g/mol. The van der Waals surface area contributed by atoms with Crippen LogP contribution in [0.4, 0.5) is 0 Å². The lowest BCUT2D eigenvalue weighted by Crippen LogP contribution is -2.52. The van der Waals surface area contributed by atoms with E-state index in [4.69, 9.17) is 4.74 Å². The molecular weight excluding hydrogens is 312 g/mol. The summed E-state index contributed by atoms with van der Waals surface area (Å²) >= 11 is 0. The molecule has 0 radical (unpaired) electrons. The minimum Gasteiger partial charge on any atom is -0.454 e. The number of rotatable bonds is 1. The Morgan fingerprint density at radius 2 is 1.88 bits per heavy atom. The summed E-state index contributed by atoms with van der Waals surface area (Å²) in [6.07, 6.45) is 15.0. The monoisotopic (exact) mass is 342 g/mol. The predicted molar refractivity (Wildman–Crippen MR) is 97.7 cm³/mol. The molecule has 0 spiro atoms. The van der Waals surface area contributed by atoms with Crippen molar-refractivity contribution in [1.29, 1.82) is 0 Å². The quantitative estimate of drug-likeness (QED) is 0.574. The van der Waals surface area contributed by atoms with Crippen molar-refractivity contribution < 1.29 is 14.6 Å². The molecule has 0 saturated heterocycles. The van der Waals surface area contributed by atoms with E-state index in [0.29, 0.717) is 17.8 Å².